The molecule has 7 heteroatoms. The number of nitrogens with two attached hydrogens (primary N) is 1. The number of nitrogens with zero attached hydrogens (tertiary/aromatic N) is 2. The van der Waals surface area contributed by atoms with Gasteiger partial charge >= 0.3 is 6.18 Å². The van der Waals surface area contributed by atoms with E-state index in [1.54, 1.807) is 4.90 Å². The van der Waals surface area contributed by atoms with E-state index in [9.17, 15) is 18.0 Å². The summed E-state index contributed by atoms with van der Waals surface area (Å²) < 4.78 is 42.3. The Bertz CT molecular complexity index is 677. The van der Waals surface area contributed by atoms with Crippen LogP contribution in [0.4, 0.5) is 13.2 Å². The van der Waals surface area contributed by atoms with Gasteiger partial charge in [0.25, 0.3) is 0 Å². The van der Waals surface area contributed by atoms with Gasteiger partial charge in [0, 0.05) is 32.2 Å². The second-order valence-corrected chi connectivity index (χ2v) is 8.64. The maximum atomic E-state index is 14.1. The monoisotopic (exact) mass is 383 g/mol. The molecule has 1 aromatic carbocycles. The summed E-state index contributed by atoms with van der Waals surface area (Å²) in [5.41, 5.74) is 4.33. The molecule has 27 heavy (non-hydrogen) atoms. The zero-order chi connectivity index (χ0) is 19.9. The van der Waals surface area contributed by atoms with Gasteiger partial charge in [0.1, 0.15) is 0 Å². The minimum absolute atomic E-state index is 0.110. The smallest absolute Gasteiger partial charge is 0.341 e. The Labute approximate surface area is 158 Å². The van der Waals surface area contributed by atoms with Gasteiger partial charge < -0.3 is 10.6 Å². The van der Waals surface area contributed by atoms with Crippen LogP contribution in [0.5, 0.6) is 0 Å². The normalized spacial score (nSPS) is 29.1. The minimum Gasteiger partial charge on any atom is -0.341 e. The van der Waals surface area contributed by atoms with Gasteiger partial charge in [-0.3, -0.25) is 9.69 Å². The Balaban J connectivity index is 1.79. The van der Waals surface area contributed by atoms with Gasteiger partial charge in [-0.2, -0.15) is 13.2 Å². The summed E-state index contributed by atoms with van der Waals surface area (Å²) in [7, 11) is 0. The second-order valence-electron chi connectivity index (χ2n) is 8.64. The third-order valence-electron chi connectivity index (χ3n) is 6.15. The van der Waals surface area contributed by atoms with Gasteiger partial charge in [0.15, 0.2) is 5.41 Å². The fourth-order valence-electron chi connectivity index (χ4n) is 4.24. The quantitative estimate of drug-likeness (QED) is 0.873. The van der Waals surface area contributed by atoms with E-state index in [-0.39, 0.29) is 37.5 Å². The lowest BCUT2D eigenvalue weighted by molar-refractivity contribution is -0.225. The van der Waals surface area contributed by atoms with Crippen molar-refractivity contribution in [3.05, 3.63) is 35.9 Å². The number of amides is 1. The number of halogens is 3. The number of carbonyl (C=O) groups is 1. The summed E-state index contributed by atoms with van der Waals surface area (Å²) in [5.74, 6) is -0.787. The third-order valence-corrected chi connectivity index (χ3v) is 6.15. The average Bonchev–Trinajstić information content (AvgIpc) is 3.02. The van der Waals surface area contributed by atoms with Gasteiger partial charge in [-0.1, -0.05) is 44.2 Å². The summed E-state index contributed by atoms with van der Waals surface area (Å²) in [5, 5.41) is 0. The van der Waals surface area contributed by atoms with Crippen LogP contribution >= 0.6 is 0 Å². The van der Waals surface area contributed by atoms with E-state index in [0.717, 1.165) is 5.56 Å². The largest absolute Gasteiger partial charge is 0.404 e. The maximum absolute atomic E-state index is 14.1. The van der Waals surface area contributed by atoms with Crippen LogP contribution in [-0.4, -0.2) is 54.1 Å². The van der Waals surface area contributed by atoms with Crippen LogP contribution in [0.2, 0.25) is 0 Å². The van der Waals surface area contributed by atoms with E-state index in [1.807, 2.05) is 44.2 Å². The maximum Gasteiger partial charge on any atom is 0.404 e. The molecule has 2 fully saturated rings. The first-order chi connectivity index (χ1) is 12.6. The van der Waals surface area contributed by atoms with E-state index in [0.29, 0.717) is 19.5 Å². The topological polar surface area (TPSA) is 49.6 Å². The highest BCUT2D eigenvalue weighted by molar-refractivity contribution is 5.84. The van der Waals surface area contributed by atoms with Crippen LogP contribution in [-0.2, 0) is 11.3 Å². The number of alkyl halides is 3. The molecule has 0 aromatic heterocycles. The SMILES string of the molecule is CC1(C)CN(C(=O)C2(C(F)(F)F)CCN(Cc3ccccc3)C2)CCC1N. The van der Waals surface area contributed by atoms with Gasteiger partial charge in [-0.05, 0) is 30.4 Å². The third kappa shape index (κ3) is 3.85. The predicted molar refractivity (Wildman–Crippen MR) is 97.8 cm³/mol. The predicted octanol–water partition coefficient (Wildman–Crippen LogP) is 3.03. The number of hydrogen-bond donors (Lipinski definition) is 1. The number of rotatable bonds is 3. The van der Waals surface area contributed by atoms with Crippen molar-refractivity contribution >= 4 is 5.91 Å². The summed E-state index contributed by atoms with van der Waals surface area (Å²) >= 11 is 0. The Morgan fingerprint density at radius 3 is 2.44 bits per heavy atom. The van der Waals surface area contributed by atoms with E-state index >= 15 is 0 Å². The molecule has 0 spiro atoms. The number of piperidine rings is 1. The molecule has 2 heterocycles. The molecule has 1 amide bonds. The summed E-state index contributed by atoms with van der Waals surface area (Å²) in [6.45, 7) is 4.78. The van der Waals surface area contributed by atoms with Gasteiger partial charge in [0.05, 0.1) is 0 Å². The van der Waals surface area contributed by atoms with Crippen LogP contribution in [0.25, 0.3) is 0 Å². The molecule has 0 bridgehead atoms. The first-order valence-corrected chi connectivity index (χ1v) is 9.43. The standard InChI is InChI=1S/C20H28F3N3O/c1-18(2)13-26(10-8-16(18)24)17(27)19(20(21,22)23)9-11-25(14-19)12-15-6-4-3-5-7-15/h3-7,16H,8-14,24H2,1-2H3. The average molecular weight is 383 g/mol. The number of hydrogen-bond acceptors (Lipinski definition) is 3. The summed E-state index contributed by atoms with van der Waals surface area (Å²) in [4.78, 5) is 16.2. The molecule has 1 aromatic rings. The van der Waals surface area contributed by atoms with Gasteiger partial charge in [-0.25, -0.2) is 0 Å². The zero-order valence-electron chi connectivity index (χ0n) is 15.9. The van der Waals surface area contributed by atoms with Crippen LogP contribution in [0.1, 0.15) is 32.3 Å². The fourth-order valence-corrected chi connectivity index (χ4v) is 4.24. The highest BCUT2D eigenvalue weighted by atomic mass is 19.4. The van der Waals surface area contributed by atoms with Crippen molar-refractivity contribution in [3.63, 3.8) is 0 Å². The molecule has 2 aliphatic rings. The van der Waals surface area contributed by atoms with Crippen molar-refractivity contribution < 1.29 is 18.0 Å². The molecule has 3 rings (SSSR count). The van der Waals surface area contributed by atoms with Crippen molar-refractivity contribution in [3.8, 4) is 0 Å². The fraction of sp³-hybridized carbons (Fsp3) is 0.650. The highest BCUT2D eigenvalue weighted by Gasteiger charge is 2.64. The lowest BCUT2D eigenvalue weighted by atomic mass is 9.77. The molecule has 4 nitrogen and oxygen atoms in total. The molecule has 2 unspecified atom stereocenters. The van der Waals surface area contributed by atoms with Crippen molar-refractivity contribution in [2.45, 2.75) is 45.5 Å². The number of benzene rings is 1. The lowest BCUT2D eigenvalue weighted by Crippen LogP contribution is -2.60. The van der Waals surface area contributed by atoms with E-state index in [2.05, 4.69) is 0 Å². The van der Waals surface area contributed by atoms with Crippen LogP contribution in [0.3, 0.4) is 0 Å². The summed E-state index contributed by atoms with van der Waals surface area (Å²) in [6.07, 6.45) is -4.23. The summed E-state index contributed by atoms with van der Waals surface area (Å²) in [6, 6.07) is 9.29. The van der Waals surface area contributed by atoms with Crippen molar-refractivity contribution in [1.29, 1.82) is 0 Å². The first-order valence-electron chi connectivity index (χ1n) is 9.43. The van der Waals surface area contributed by atoms with Crippen molar-refractivity contribution in [2.24, 2.45) is 16.6 Å². The van der Waals surface area contributed by atoms with Gasteiger partial charge in [-0.15, -0.1) is 0 Å². The Morgan fingerprint density at radius 1 is 1.19 bits per heavy atom. The molecule has 2 atom stereocenters. The Morgan fingerprint density at radius 2 is 1.85 bits per heavy atom. The molecule has 0 aliphatic carbocycles. The van der Waals surface area contributed by atoms with Crippen molar-refractivity contribution in [2.75, 3.05) is 26.2 Å². The van der Waals surface area contributed by atoms with Crippen LogP contribution in [0, 0.1) is 10.8 Å². The van der Waals surface area contributed by atoms with E-state index in [4.69, 9.17) is 5.73 Å². The zero-order valence-corrected chi connectivity index (χ0v) is 15.9. The molecular formula is C20H28F3N3O. The van der Waals surface area contributed by atoms with Gasteiger partial charge in [0.2, 0.25) is 5.91 Å². The molecule has 0 radical (unpaired) electrons. The second kappa shape index (κ2) is 7.09. The molecule has 2 saturated heterocycles. The Hall–Kier alpha value is -1.60. The van der Waals surface area contributed by atoms with Crippen LogP contribution in [0.15, 0.2) is 30.3 Å². The number of likely N-dealkylation sites (tertiary alicyclic amines) is 2. The van der Waals surface area contributed by atoms with E-state index in [1.165, 1.54) is 4.90 Å². The molecular weight excluding hydrogens is 355 g/mol. The van der Waals surface area contributed by atoms with Crippen LogP contribution < -0.4 is 5.73 Å². The molecule has 2 aliphatic heterocycles. The number of carbonyl (C=O) groups excluding carboxylic acids is 1. The minimum atomic E-state index is -4.57. The molecule has 2 N–H and O–H groups in total. The van der Waals surface area contributed by atoms with Crippen molar-refractivity contribution in [1.82, 2.24) is 9.80 Å². The lowest BCUT2D eigenvalue weighted by Gasteiger charge is -2.45. The van der Waals surface area contributed by atoms with E-state index < -0.39 is 17.5 Å². The first kappa shape index (κ1) is 20.1. The Kier molecular flexibility index (Phi) is 5.29. The molecule has 0 saturated carbocycles. The molecule has 150 valence electrons. The highest BCUT2D eigenvalue weighted by Crippen LogP contribution is 2.48.